The molecule has 0 radical (unpaired) electrons. The summed E-state index contributed by atoms with van der Waals surface area (Å²) in [5, 5.41) is 4.38. The number of rotatable bonds is 12. The minimum atomic E-state index is 0.820. The predicted octanol–water partition coefficient (Wildman–Crippen LogP) is 20.1. The lowest BCUT2D eigenvalue weighted by Crippen LogP contribution is -2.15. The number of furan rings is 2. The summed E-state index contributed by atoms with van der Waals surface area (Å²) in [5.41, 5.74) is 13.8. The van der Waals surface area contributed by atoms with Gasteiger partial charge in [-0.15, -0.1) is 0 Å². The lowest BCUT2D eigenvalue weighted by molar-refractivity contribution is 0.668. The number of anilines is 6. The molecule has 0 N–H and O–H groups in total. The molecule has 0 aliphatic carbocycles. The highest BCUT2D eigenvalue weighted by Gasteiger charge is 2.26. The van der Waals surface area contributed by atoms with Gasteiger partial charge in [-0.3, -0.25) is 0 Å². The summed E-state index contributed by atoms with van der Waals surface area (Å²) in [7, 11) is 0. The highest BCUT2D eigenvalue weighted by atomic mass is 32.2. The van der Waals surface area contributed by atoms with E-state index in [4.69, 9.17) is 8.83 Å². The van der Waals surface area contributed by atoms with Crippen LogP contribution >= 0.6 is 23.5 Å². The van der Waals surface area contributed by atoms with Gasteiger partial charge in [-0.05, 0) is 90.0 Å². The van der Waals surface area contributed by atoms with Crippen molar-refractivity contribution in [2.75, 3.05) is 9.80 Å². The molecule has 0 saturated carbocycles. The van der Waals surface area contributed by atoms with Crippen LogP contribution in [0, 0.1) is 0 Å². The second kappa shape index (κ2) is 18.9. The average molecular weight is 961 g/mol. The molecule has 13 aromatic rings. The molecule has 72 heavy (non-hydrogen) atoms. The Bertz CT molecular complexity index is 3990. The maximum atomic E-state index is 6.85. The lowest BCUT2D eigenvalue weighted by Gasteiger charge is -2.32. The Balaban J connectivity index is 1.08. The van der Waals surface area contributed by atoms with Crippen LogP contribution in [0.1, 0.15) is 0 Å². The van der Waals surface area contributed by atoms with E-state index in [9.17, 15) is 0 Å². The van der Waals surface area contributed by atoms with Crippen molar-refractivity contribution in [3.8, 4) is 22.3 Å². The van der Waals surface area contributed by atoms with Gasteiger partial charge in [0, 0.05) is 81.4 Å². The first-order valence-corrected chi connectivity index (χ1v) is 25.7. The Labute approximate surface area is 426 Å². The first-order valence-electron chi connectivity index (χ1n) is 24.1. The van der Waals surface area contributed by atoms with E-state index in [1.165, 1.54) is 0 Å². The molecule has 0 amide bonds. The molecule has 0 spiro atoms. The van der Waals surface area contributed by atoms with Crippen LogP contribution in [-0.2, 0) is 0 Å². The molecule has 4 nitrogen and oxygen atoms in total. The fourth-order valence-electron chi connectivity index (χ4n) is 9.94. The minimum Gasteiger partial charge on any atom is -0.456 e. The predicted molar refractivity (Wildman–Crippen MR) is 302 cm³/mol. The topological polar surface area (TPSA) is 32.8 Å². The van der Waals surface area contributed by atoms with Crippen molar-refractivity contribution in [1.29, 1.82) is 0 Å². The smallest absolute Gasteiger partial charge is 0.138 e. The normalized spacial score (nSPS) is 11.4. The van der Waals surface area contributed by atoms with Gasteiger partial charge in [-0.25, -0.2) is 0 Å². The van der Waals surface area contributed by atoms with Gasteiger partial charge >= 0.3 is 0 Å². The third kappa shape index (κ3) is 8.16. The fourth-order valence-corrected chi connectivity index (χ4v) is 12.0. The van der Waals surface area contributed by atoms with E-state index in [-0.39, 0.29) is 0 Å². The van der Waals surface area contributed by atoms with Gasteiger partial charge in [0.15, 0.2) is 0 Å². The number of hydrogen-bond donors (Lipinski definition) is 0. The standard InChI is InChI=1S/C66H44N2O2S2/c1-6-22-45(23-7-1)54-36-21-37-55(46-24-8-2-9-25-46)66(54)68(51-42-61-65(57-35-17-19-39-59(57)70-61)63(44-51)72-53-32-14-5-15-33-53)49-29-20-28-48(40-49)67(47-26-10-3-11-27-47)50-41-60-64(56-34-16-18-38-58(56)69-60)62(43-50)71-52-30-12-4-13-31-52/h1-44H. The van der Waals surface area contributed by atoms with E-state index in [1.807, 2.05) is 12.1 Å². The van der Waals surface area contributed by atoms with E-state index in [0.29, 0.717) is 0 Å². The molecule has 0 fully saturated rings. The first kappa shape index (κ1) is 43.3. The zero-order chi connectivity index (χ0) is 47.8. The molecule has 6 heteroatoms. The quantitative estimate of drug-likeness (QED) is 0.121. The van der Waals surface area contributed by atoms with Gasteiger partial charge in [-0.1, -0.05) is 199 Å². The van der Waals surface area contributed by atoms with E-state index in [2.05, 4.69) is 265 Å². The zero-order valence-electron chi connectivity index (χ0n) is 38.9. The molecular formula is C66H44N2O2S2. The van der Waals surface area contributed by atoms with Gasteiger partial charge in [-0.2, -0.15) is 0 Å². The van der Waals surface area contributed by atoms with E-state index in [1.54, 1.807) is 23.5 Å². The van der Waals surface area contributed by atoms with Gasteiger partial charge in [0.25, 0.3) is 0 Å². The van der Waals surface area contributed by atoms with E-state index >= 15 is 0 Å². The average Bonchev–Trinajstić information content (AvgIpc) is 4.01. The third-order valence-corrected chi connectivity index (χ3v) is 15.2. The van der Waals surface area contributed by atoms with Crippen molar-refractivity contribution >= 4 is 102 Å². The monoisotopic (exact) mass is 960 g/mol. The maximum Gasteiger partial charge on any atom is 0.138 e. The van der Waals surface area contributed by atoms with Crippen LogP contribution in [0.4, 0.5) is 34.1 Å². The molecule has 2 heterocycles. The number of nitrogens with zero attached hydrogens (tertiary/aromatic N) is 2. The summed E-state index contributed by atoms with van der Waals surface area (Å²) in [6, 6.07) is 94.8. The van der Waals surface area contributed by atoms with Gasteiger partial charge in [0.05, 0.1) is 17.1 Å². The summed E-state index contributed by atoms with van der Waals surface area (Å²) in [6.45, 7) is 0. The maximum absolute atomic E-state index is 6.85. The summed E-state index contributed by atoms with van der Waals surface area (Å²) < 4.78 is 13.6. The van der Waals surface area contributed by atoms with E-state index < -0.39 is 0 Å². The second-order valence-electron chi connectivity index (χ2n) is 17.6. The molecule has 0 saturated heterocycles. The highest BCUT2D eigenvalue weighted by molar-refractivity contribution is 7.99. The van der Waals surface area contributed by atoms with Crippen molar-refractivity contribution in [2.45, 2.75) is 19.6 Å². The summed E-state index contributed by atoms with van der Waals surface area (Å²) in [4.78, 5) is 9.31. The van der Waals surface area contributed by atoms with Crippen molar-refractivity contribution < 1.29 is 8.83 Å². The number of benzene rings is 11. The molecule has 342 valence electrons. The van der Waals surface area contributed by atoms with Crippen LogP contribution in [0.25, 0.3) is 66.1 Å². The fraction of sp³-hybridized carbons (Fsp3) is 0. The lowest BCUT2D eigenvalue weighted by atomic mass is 9.94. The van der Waals surface area contributed by atoms with Crippen molar-refractivity contribution in [3.63, 3.8) is 0 Å². The van der Waals surface area contributed by atoms with E-state index in [0.717, 1.165) is 120 Å². The summed E-state index contributed by atoms with van der Waals surface area (Å²) in [5.74, 6) is 0. The SMILES string of the molecule is c1ccc(Sc2cc(N(c3ccccc3)c3cccc(N(c4cc(Sc5ccccc5)c5c(c4)oc4ccccc45)c4c(-c5ccccc5)cccc4-c4ccccc4)c3)cc3oc4ccccc4c23)cc1. The van der Waals surface area contributed by atoms with Crippen LogP contribution in [0.2, 0.25) is 0 Å². The Morgan fingerprint density at radius 2 is 0.667 bits per heavy atom. The molecule has 11 aromatic carbocycles. The molecule has 0 atom stereocenters. The molecule has 0 aliphatic heterocycles. The third-order valence-electron chi connectivity index (χ3n) is 13.1. The first-order chi connectivity index (χ1) is 35.7. The van der Waals surface area contributed by atoms with Crippen LogP contribution < -0.4 is 9.80 Å². The van der Waals surface area contributed by atoms with Crippen molar-refractivity contribution in [3.05, 3.63) is 267 Å². The zero-order valence-corrected chi connectivity index (χ0v) is 40.6. The van der Waals surface area contributed by atoms with Gasteiger partial charge in [0.2, 0.25) is 0 Å². The van der Waals surface area contributed by atoms with Crippen LogP contribution in [0.5, 0.6) is 0 Å². The Kier molecular flexibility index (Phi) is 11.4. The van der Waals surface area contributed by atoms with Gasteiger partial charge < -0.3 is 18.6 Å². The van der Waals surface area contributed by atoms with Crippen LogP contribution in [0.3, 0.4) is 0 Å². The number of hydrogen-bond acceptors (Lipinski definition) is 6. The Morgan fingerprint density at radius 1 is 0.278 bits per heavy atom. The van der Waals surface area contributed by atoms with Crippen molar-refractivity contribution in [1.82, 2.24) is 0 Å². The largest absolute Gasteiger partial charge is 0.456 e. The minimum absolute atomic E-state index is 0.820. The molecule has 2 aromatic heterocycles. The highest BCUT2D eigenvalue weighted by Crippen LogP contribution is 2.52. The molecule has 0 aliphatic rings. The second-order valence-corrected chi connectivity index (χ2v) is 19.9. The molecule has 0 bridgehead atoms. The summed E-state index contributed by atoms with van der Waals surface area (Å²) >= 11 is 3.52. The Morgan fingerprint density at radius 3 is 1.17 bits per heavy atom. The van der Waals surface area contributed by atoms with Crippen LogP contribution in [-0.4, -0.2) is 0 Å². The number of para-hydroxylation sites is 4. The van der Waals surface area contributed by atoms with Gasteiger partial charge in [0.1, 0.15) is 22.3 Å². The molecule has 13 rings (SSSR count). The van der Waals surface area contributed by atoms with Crippen molar-refractivity contribution in [2.24, 2.45) is 0 Å². The molecule has 0 unspecified atom stereocenters. The Hall–Kier alpha value is -8.68. The summed E-state index contributed by atoms with van der Waals surface area (Å²) in [6.07, 6.45) is 0. The number of fused-ring (bicyclic) bond motifs is 6. The van der Waals surface area contributed by atoms with Crippen LogP contribution in [0.15, 0.2) is 295 Å². The molecular weight excluding hydrogens is 917 g/mol.